The van der Waals surface area contributed by atoms with Crippen molar-refractivity contribution in [2.75, 3.05) is 18.1 Å². The zero-order valence-corrected chi connectivity index (χ0v) is 17.8. The lowest BCUT2D eigenvalue weighted by Gasteiger charge is -2.37. The number of benzene rings is 2. The van der Waals surface area contributed by atoms with Gasteiger partial charge in [-0.3, -0.25) is 9.69 Å². The van der Waals surface area contributed by atoms with Crippen LogP contribution in [0.3, 0.4) is 0 Å². The normalized spacial score (nSPS) is 21.6. The Morgan fingerprint density at radius 2 is 1.79 bits per heavy atom. The third-order valence-corrected chi connectivity index (χ3v) is 6.27. The van der Waals surface area contributed by atoms with Crippen LogP contribution in [-0.4, -0.2) is 36.1 Å². The van der Waals surface area contributed by atoms with Crippen molar-refractivity contribution < 1.29 is 14.3 Å². The number of carbonyl (C=O) groups excluding carboxylic acids is 2. The number of ether oxygens (including phenoxy) is 1. The van der Waals surface area contributed by atoms with E-state index in [1.54, 1.807) is 12.1 Å². The lowest BCUT2D eigenvalue weighted by Crippen LogP contribution is -2.37. The molecule has 2 aliphatic heterocycles. The topological polar surface area (TPSA) is 49.9 Å². The fourth-order valence-electron chi connectivity index (χ4n) is 4.26. The third-order valence-electron chi connectivity index (χ3n) is 5.72. The molecule has 0 bridgehead atoms. The largest absolute Gasteiger partial charge is 0.439 e. The van der Waals surface area contributed by atoms with Gasteiger partial charge in [0.1, 0.15) is 0 Å². The van der Waals surface area contributed by atoms with Crippen LogP contribution in [-0.2, 0) is 16.1 Å². The highest BCUT2D eigenvalue weighted by atomic mass is 35.5. The molecule has 2 aromatic carbocycles. The summed E-state index contributed by atoms with van der Waals surface area (Å²) in [5, 5.41) is 1.25. The van der Waals surface area contributed by atoms with E-state index in [9.17, 15) is 9.59 Å². The molecule has 5 nitrogen and oxygen atoms in total. The Kier molecular flexibility index (Phi) is 5.51. The van der Waals surface area contributed by atoms with Crippen LogP contribution in [0.2, 0.25) is 10.0 Å². The molecule has 2 fully saturated rings. The summed E-state index contributed by atoms with van der Waals surface area (Å²) < 4.78 is 4.94. The molecule has 8 heteroatoms. The second-order valence-electron chi connectivity index (χ2n) is 7.51. The number of carbonyl (C=O) groups is 2. The maximum Gasteiger partial charge on any atom is 0.421 e. The van der Waals surface area contributed by atoms with Crippen molar-refractivity contribution in [3.8, 4) is 0 Å². The summed E-state index contributed by atoms with van der Waals surface area (Å²) in [6.45, 7) is 1.36. The van der Waals surface area contributed by atoms with Gasteiger partial charge in [0.2, 0.25) is 0 Å². The zero-order chi connectivity index (χ0) is 19.4. The van der Waals surface area contributed by atoms with Crippen molar-refractivity contribution in [2.24, 2.45) is 0 Å². The summed E-state index contributed by atoms with van der Waals surface area (Å²) in [6.07, 6.45) is 1.74. The van der Waals surface area contributed by atoms with E-state index in [0.29, 0.717) is 21.8 Å². The summed E-state index contributed by atoms with van der Waals surface area (Å²) in [5.41, 5.74) is 3.60. The van der Waals surface area contributed by atoms with E-state index in [0.717, 1.165) is 34.7 Å². The molecule has 0 radical (unpaired) electrons. The van der Waals surface area contributed by atoms with E-state index >= 15 is 0 Å². The molecular weight excluding hydrogens is 435 g/mol. The fraction of sp³-hybridized carbons (Fsp3) is 0.333. The number of halogens is 3. The van der Waals surface area contributed by atoms with E-state index in [4.69, 9.17) is 27.9 Å². The molecule has 29 heavy (non-hydrogen) atoms. The molecule has 2 heterocycles. The van der Waals surface area contributed by atoms with Crippen molar-refractivity contribution in [1.82, 2.24) is 4.90 Å². The molecule has 152 valence electrons. The van der Waals surface area contributed by atoms with Crippen LogP contribution in [0.1, 0.15) is 35.4 Å². The average molecular weight is 454 g/mol. The van der Waals surface area contributed by atoms with E-state index in [1.165, 1.54) is 12.8 Å². The van der Waals surface area contributed by atoms with E-state index < -0.39 is 6.09 Å². The monoisotopic (exact) mass is 452 g/mol. The molecule has 1 aliphatic carbocycles. The number of amides is 2. The maximum absolute atomic E-state index is 12.3. The van der Waals surface area contributed by atoms with Gasteiger partial charge in [-0.05, 0) is 47.7 Å². The standard InChI is InChI=1S/C21H18Cl2N2O3.ClH/c22-12-7-15-16(9-24(13-5-6-13)10-17(15)18(23)8-12)14-3-1-2-4-19(14)25-20(26)11-28-21(25)27;/h1-4,7-8,13,16H,5-6,9-11H2;1H. The first-order valence-electron chi connectivity index (χ1n) is 9.33. The van der Waals surface area contributed by atoms with Crippen LogP contribution < -0.4 is 4.90 Å². The Morgan fingerprint density at radius 1 is 1.03 bits per heavy atom. The van der Waals surface area contributed by atoms with Gasteiger partial charge in [-0.1, -0.05) is 41.4 Å². The minimum absolute atomic E-state index is 0. The second kappa shape index (κ2) is 7.80. The second-order valence-corrected chi connectivity index (χ2v) is 8.35. The van der Waals surface area contributed by atoms with Crippen LogP contribution in [0.15, 0.2) is 36.4 Å². The quantitative estimate of drug-likeness (QED) is 0.655. The first-order valence-corrected chi connectivity index (χ1v) is 10.1. The van der Waals surface area contributed by atoms with Gasteiger partial charge in [0.05, 0.1) is 5.69 Å². The number of imide groups is 1. The average Bonchev–Trinajstić information content (AvgIpc) is 3.47. The summed E-state index contributed by atoms with van der Waals surface area (Å²) in [6, 6.07) is 11.8. The van der Waals surface area contributed by atoms with Crippen LogP contribution in [0.25, 0.3) is 0 Å². The van der Waals surface area contributed by atoms with Crippen molar-refractivity contribution in [2.45, 2.75) is 31.3 Å². The zero-order valence-electron chi connectivity index (χ0n) is 15.4. The highest BCUT2D eigenvalue weighted by Gasteiger charge is 2.39. The molecule has 0 aromatic heterocycles. The van der Waals surface area contributed by atoms with Crippen LogP contribution in [0, 0.1) is 0 Å². The van der Waals surface area contributed by atoms with Gasteiger partial charge >= 0.3 is 6.09 Å². The predicted octanol–water partition coefficient (Wildman–Crippen LogP) is 5.01. The highest BCUT2D eigenvalue weighted by molar-refractivity contribution is 6.35. The number of anilines is 1. The number of hydrogen-bond acceptors (Lipinski definition) is 4. The Bertz CT molecular complexity index is 977. The van der Waals surface area contributed by atoms with Gasteiger partial charge in [-0.2, -0.15) is 0 Å². The summed E-state index contributed by atoms with van der Waals surface area (Å²) >= 11 is 12.9. The smallest absolute Gasteiger partial charge is 0.421 e. The van der Waals surface area contributed by atoms with Crippen molar-refractivity contribution >= 4 is 53.3 Å². The molecule has 2 amide bonds. The molecule has 1 saturated carbocycles. The molecule has 0 spiro atoms. The third kappa shape index (κ3) is 3.61. The van der Waals surface area contributed by atoms with Gasteiger partial charge in [0.15, 0.2) is 6.61 Å². The number of rotatable bonds is 3. The Morgan fingerprint density at radius 3 is 2.48 bits per heavy atom. The Labute approximate surface area is 184 Å². The molecule has 2 aromatic rings. The molecule has 1 atom stereocenters. The maximum atomic E-state index is 12.3. The SMILES string of the molecule is Cl.O=C1COC(=O)N1c1ccccc1C1CN(C2CC2)Cc2c(Cl)cc(Cl)cc21. The van der Waals surface area contributed by atoms with Gasteiger partial charge < -0.3 is 4.74 Å². The number of nitrogens with zero attached hydrogens (tertiary/aromatic N) is 2. The molecule has 3 aliphatic rings. The number of para-hydroxylation sites is 1. The summed E-state index contributed by atoms with van der Waals surface area (Å²) in [7, 11) is 0. The van der Waals surface area contributed by atoms with Crippen molar-refractivity contribution in [1.29, 1.82) is 0 Å². The van der Waals surface area contributed by atoms with Gasteiger partial charge in [0, 0.05) is 35.1 Å². The lowest BCUT2D eigenvalue weighted by molar-refractivity contribution is -0.117. The van der Waals surface area contributed by atoms with Crippen molar-refractivity contribution in [3.05, 3.63) is 63.1 Å². The van der Waals surface area contributed by atoms with E-state index in [-0.39, 0.29) is 30.8 Å². The summed E-state index contributed by atoms with van der Waals surface area (Å²) in [5.74, 6) is -0.394. The summed E-state index contributed by atoms with van der Waals surface area (Å²) in [4.78, 5) is 28.0. The molecule has 0 N–H and O–H groups in total. The number of fused-ring (bicyclic) bond motifs is 1. The van der Waals surface area contributed by atoms with Crippen LogP contribution in [0.5, 0.6) is 0 Å². The Hall–Kier alpha value is -1.79. The Balaban J connectivity index is 0.00000205. The predicted molar refractivity (Wildman–Crippen MR) is 114 cm³/mol. The molecule has 5 rings (SSSR count). The first-order chi connectivity index (χ1) is 13.5. The van der Waals surface area contributed by atoms with Gasteiger partial charge in [-0.15, -0.1) is 12.4 Å². The molecule has 1 saturated heterocycles. The molecule has 1 unspecified atom stereocenters. The first kappa shape index (κ1) is 20.5. The van der Waals surface area contributed by atoms with Gasteiger partial charge in [-0.25, -0.2) is 9.69 Å². The minimum Gasteiger partial charge on any atom is -0.439 e. The van der Waals surface area contributed by atoms with E-state index in [2.05, 4.69) is 4.90 Å². The van der Waals surface area contributed by atoms with Crippen LogP contribution in [0.4, 0.5) is 10.5 Å². The minimum atomic E-state index is -0.628. The number of hydrogen-bond donors (Lipinski definition) is 0. The number of cyclic esters (lactones) is 1. The van der Waals surface area contributed by atoms with Gasteiger partial charge in [0.25, 0.3) is 5.91 Å². The van der Waals surface area contributed by atoms with E-state index in [1.807, 2.05) is 24.3 Å². The fourth-order valence-corrected chi connectivity index (χ4v) is 4.83. The highest BCUT2D eigenvalue weighted by Crippen LogP contribution is 2.44. The van der Waals surface area contributed by atoms with Crippen LogP contribution >= 0.6 is 35.6 Å². The molecular formula is C21H19Cl3N2O3. The lowest BCUT2D eigenvalue weighted by atomic mass is 9.83. The van der Waals surface area contributed by atoms with Crippen molar-refractivity contribution in [3.63, 3.8) is 0 Å².